The molecule has 0 aliphatic carbocycles. The van der Waals surface area contributed by atoms with E-state index in [0.29, 0.717) is 10.7 Å². The Morgan fingerprint density at radius 2 is 1.88 bits per heavy atom. The molecule has 1 heterocycles. The van der Waals surface area contributed by atoms with Crippen molar-refractivity contribution in [3.05, 3.63) is 58.6 Å². The number of nitrogens with zero attached hydrogens (tertiary/aromatic N) is 1. The van der Waals surface area contributed by atoms with Crippen molar-refractivity contribution in [3.8, 4) is 0 Å². The van der Waals surface area contributed by atoms with Gasteiger partial charge in [-0.3, -0.25) is 14.9 Å². The van der Waals surface area contributed by atoms with Crippen LogP contribution < -0.4 is 16.0 Å². The van der Waals surface area contributed by atoms with Gasteiger partial charge in [0.1, 0.15) is 6.04 Å². The van der Waals surface area contributed by atoms with Gasteiger partial charge in [0.25, 0.3) is 0 Å². The molecule has 2 aromatic carbocycles. The summed E-state index contributed by atoms with van der Waals surface area (Å²) >= 11 is 12.0. The number of nitrogens with one attached hydrogen (secondary N) is 3. The molecule has 128 valence electrons. The van der Waals surface area contributed by atoms with Gasteiger partial charge in [-0.1, -0.05) is 47.5 Å². The van der Waals surface area contributed by atoms with Gasteiger partial charge in [-0.25, -0.2) is 4.99 Å². The molecule has 1 unspecified atom stereocenters. The van der Waals surface area contributed by atoms with Gasteiger partial charge in [0.15, 0.2) is 0 Å². The van der Waals surface area contributed by atoms with Crippen molar-refractivity contribution in [1.82, 2.24) is 5.32 Å². The Hall–Kier alpha value is -2.57. The molecule has 0 bridgehead atoms. The normalized spacial score (nSPS) is 16.6. The summed E-state index contributed by atoms with van der Waals surface area (Å²) in [6.07, 6.45) is -0.0516. The SMILES string of the molecule is O=C1CC(C(=O)Nc2cccc(Cl)c2Cl)N=C(Nc2ccccc2)N1. The van der Waals surface area contributed by atoms with E-state index in [1.165, 1.54) is 0 Å². The zero-order valence-electron chi connectivity index (χ0n) is 12.9. The summed E-state index contributed by atoms with van der Waals surface area (Å²) in [6.45, 7) is 0. The van der Waals surface area contributed by atoms with E-state index in [2.05, 4.69) is 20.9 Å². The van der Waals surface area contributed by atoms with Gasteiger partial charge in [-0.2, -0.15) is 0 Å². The van der Waals surface area contributed by atoms with Crippen molar-refractivity contribution < 1.29 is 9.59 Å². The molecule has 3 rings (SSSR count). The first-order valence-corrected chi connectivity index (χ1v) is 8.23. The predicted octanol–water partition coefficient (Wildman–Crippen LogP) is 3.29. The molecule has 0 aromatic heterocycles. The first kappa shape index (κ1) is 17.3. The molecule has 1 aliphatic rings. The van der Waals surface area contributed by atoms with E-state index in [1.54, 1.807) is 18.2 Å². The summed E-state index contributed by atoms with van der Waals surface area (Å²) in [5, 5.41) is 8.80. The molecular formula is C17H14Cl2N4O2. The molecule has 2 amide bonds. The van der Waals surface area contributed by atoms with Crippen LogP contribution in [0.15, 0.2) is 53.5 Å². The van der Waals surface area contributed by atoms with E-state index in [1.807, 2.05) is 30.3 Å². The van der Waals surface area contributed by atoms with Crippen LogP contribution in [0.25, 0.3) is 0 Å². The number of guanidine groups is 1. The average Bonchev–Trinajstić information content (AvgIpc) is 2.59. The minimum Gasteiger partial charge on any atom is -0.326 e. The van der Waals surface area contributed by atoms with Crippen molar-refractivity contribution in [3.63, 3.8) is 0 Å². The Morgan fingerprint density at radius 3 is 2.64 bits per heavy atom. The highest BCUT2D eigenvalue weighted by Crippen LogP contribution is 2.29. The van der Waals surface area contributed by atoms with E-state index >= 15 is 0 Å². The number of hydrogen-bond donors (Lipinski definition) is 3. The third kappa shape index (κ3) is 4.29. The number of carbonyl (C=O) groups excluding carboxylic acids is 2. The molecule has 8 heteroatoms. The largest absolute Gasteiger partial charge is 0.326 e. The Labute approximate surface area is 154 Å². The maximum absolute atomic E-state index is 12.4. The van der Waals surface area contributed by atoms with Crippen LogP contribution in [-0.2, 0) is 9.59 Å². The smallest absolute Gasteiger partial charge is 0.249 e. The number of halogens is 2. The van der Waals surface area contributed by atoms with Crippen LogP contribution in [0.2, 0.25) is 10.0 Å². The van der Waals surface area contributed by atoms with Crippen molar-refractivity contribution in [2.24, 2.45) is 4.99 Å². The number of rotatable bonds is 3. The van der Waals surface area contributed by atoms with Crippen LogP contribution in [0.4, 0.5) is 11.4 Å². The van der Waals surface area contributed by atoms with Gasteiger partial charge in [0.05, 0.1) is 22.2 Å². The first-order chi connectivity index (χ1) is 12.0. The van der Waals surface area contributed by atoms with Gasteiger partial charge in [-0.15, -0.1) is 0 Å². The van der Waals surface area contributed by atoms with Crippen molar-refractivity contribution in [2.45, 2.75) is 12.5 Å². The van der Waals surface area contributed by atoms with E-state index in [-0.39, 0.29) is 23.3 Å². The Morgan fingerprint density at radius 1 is 1.12 bits per heavy atom. The lowest BCUT2D eigenvalue weighted by atomic mass is 10.1. The van der Waals surface area contributed by atoms with Gasteiger partial charge in [0, 0.05) is 5.69 Å². The van der Waals surface area contributed by atoms with Crippen LogP contribution in [0.3, 0.4) is 0 Å². The molecule has 6 nitrogen and oxygen atoms in total. The Balaban J connectivity index is 1.76. The number of hydrogen-bond acceptors (Lipinski definition) is 4. The van der Waals surface area contributed by atoms with E-state index in [4.69, 9.17) is 23.2 Å². The summed E-state index contributed by atoms with van der Waals surface area (Å²) in [7, 11) is 0. The van der Waals surface area contributed by atoms with Gasteiger partial charge in [0.2, 0.25) is 17.8 Å². The van der Waals surface area contributed by atoms with Gasteiger partial charge >= 0.3 is 0 Å². The number of anilines is 2. The average molecular weight is 377 g/mol. The third-order valence-corrected chi connectivity index (χ3v) is 4.29. The first-order valence-electron chi connectivity index (χ1n) is 7.47. The van der Waals surface area contributed by atoms with Crippen LogP contribution in [0, 0.1) is 0 Å². The van der Waals surface area contributed by atoms with Crippen LogP contribution in [0.5, 0.6) is 0 Å². The predicted molar refractivity (Wildman–Crippen MR) is 99.1 cm³/mol. The van der Waals surface area contributed by atoms with Crippen molar-refractivity contribution in [2.75, 3.05) is 10.6 Å². The summed E-state index contributed by atoms with van der Waals surface area (Å²) in [4.78, 5) is 28.6. The highest BCUT2D eigenvalue weighted by molar-refractivity contribution is 6.44. The second-order valence-corrected chi connectivity index (χ2v) is 6.11. The molecular weight excluding hydrogens is 363 g/mol. The molecule has 0 saturated carbocycles. The minimum atomic E-state index is -0.866. The minimum absolute atomic E-state index is 0.0516. The number of amides is 2. The third-order valence-electron chi connectivity index (χ3n) is 3.47. The fourth-order valence-corrected chi connectivity index (χ4v) is 2.63. The van der Waals surface area contributed by atoms with Crippen LogP contribution in [0.1, 0.15) is 6.42 Å². The molecule has 1 atom stereocenters. The summed E-state index contributed by atoms with van der Waals surface area (Å²) < 4.78 is 0. The molecule has 0 spiro atoms. The molecule has 0 fully saturated rings. The van der Waals surface area contributed by atoms with E-state index in [9.17, 15) is 9.59 Å². The van der Waals surface area contributed by atoms with Gasteiger partial charge in [-0.05, 0) is 24.3 Å². The van der Waals surface area contributed by atoms with Gasteiger partial charge < -0.3 is 10.6 Å². The highest BCUT2D eigenvalue weighted by atomic mass is 35.5. The highest BCUT2D eigenvalue weighted by Gasteiger charge is 2.27. The molecule has 0 radical (unpaired) electrons. The topological polar surface area (TPSA) is 82.6 Å². The standard InChI is InChI=1S/C17H14Cl2N4O2/c18-11-7-4-8-12(15(11)19)21-16(25)13-9-14(24)23-17(22-13)20-10-5-2-1-3-6-10/h1-8,13H,9H2,(H,21,25)(H2,20,22,23,24). The fourth-order valence-electron chi connectivity index (χ4n) is 2.28. The Kier molecular flexibility index (Phi) is 5.21. The van der Waals surface area contributed by atoms with Crippen molar-refractivity contribution >= 4 is 52.4 Å². The Bertz CT molecular complexity index is 840. The number of benzene rings is 2. The molecule has 25 heavy (non-hydrogen) atoms. The lowest BCUT2D eigenvalue weighted by Crippen LogP contribution is -2.45. The summed E-state index contributed by atoms with van der Waals surface area (Å²) in [5.74, 6) is -0.517. The van der Waals surface area contributed by atoms with Crippen LogP contribution >= 0.6 is 23.2 Å². The van der Waals surface area contributed by atoms with Crippen molar-refractivity contribution in [1.29, 1.82) is 0 Å². The summed E-state index contributed by atoms with van der Waals surface area (Å²) in [6, 6.07) is 13.3. The van der Waals surface area contributed by atoms with E-state index in [0.717, 1.165) is 5.69 Å². The number of aliphatic imine (C=N–C) groups is 1. The molecule has 1 aliphatic heterocycles. The molecule has 0 saturated heterocycles. The maximum Gasteiger partial charge on any atom is 0.249 e. The zero-order valence-corrected chi connectivity index (χ0v) is 14.4. The second-order valence-electron chi connectivity index (χ2n) is 5.33. The maximum atomic E-state index is 12.4. The second kappa shape index (κ2) is 7.55. The van der Waals surface area contributed by atoms with Crippen LogP contribution in [-0.4, -0.2) is 23.8 Å². The monoisotopic (exact) mass is 376 g/mol. The lowest BCUT2D eigenvalue weighted by Gasteiger charge is -2.21. The summed E-state index contributed by atoms with van der Waals surface area (Å²) in [5.41, 5.74) is 1.12. The molecule has 2 aromatic rings. The number of carbonyl (C=O) groups is 2. The lowest BCUT2D eigenvalue weighted by molar-refractivity contribution is -0.124. The zero-order chi connectivity index (χ0) is 17.8. The molecule has 3 N–H and O–H groups in total. The van der Waals surface area contributed by atoms with E-state index < -0.39 is 11.9 Å². The number of para-hydroxylation sites is 1. The quantitative estimate of drug-likeness (QED) is 0.768. The fraction of sp³-hybridized carbons (Fsp3) is 0.118.